The van der Waals surface area contributed by atoms with Crippen LogP contribution in [0.25, 0.3) is 11.0 Å². The third kappa shape index (κ3) is 6.46. The number of piperidine rings is 1. The molecule has 0 saturated carbocycles. The second-order valence-corrected chi connectivity index (χ2v) is 11.0. The van der Waals surface area contributed by atoms with E-state index in [1.165, 1.54) is 5.56 Å². The number of hydrogen-bond donors (Lipinski definition) is 3. The van der Waals surface area contributed by atoms with Crippen molar-refractivity contribution in [1.29, 1.82) is 5.41 Å². The van der Waals surface area contributed by atoms with Gasteiger partial charge >= 0.3 is 0 Å². The number of fused-ring (bicyclic) bond motifs is 1. The molecular formula is C31H36ClN7O. The first-order chi connectivity index (χ1) is 19.3. The zero-order valence-electron chi connectivity index (χ0n) is 23.0. The normalized spacial score (nSPS) is 14.4. The zero-order chi connectivity index (χ0) is 28.2. The second kappa shape index (κ2) is 12.1. The van der Waals surface area contributed by atoms with Crippen molar-refractivity contribution in [2.24, 2.45) is 12.8 Å². The number of aryl methyl sites for hydroxylation is 3. The third-order valence-corrected chi connectivity index (χ3v) is 8.00. The molecule has 0 spiro atoms. The number of nitrogen functional groups attached to an aromatic ring is 1. The number of halogens is 1. The number of carbonyl (C=O) groups excluding carboxylic acids is 1. The molecule has 0 unspecified atom stereocenters. The summed E-state index contributed by atoms with van der Waals surface area (Å²) in [6, 6.07) is 22.0. The van der Waals surface area contributed by atoms with Gasteiger partial charge in [0.25, 0.3) is 0 Å². The van der Waals surface area contributed by atoms with Crippen LogP contribution >= 0.6 is 11.6 Å². The van der Waals surface area contributed by atoms with E-state index in [1.54, 1.807) is 4.90 Å². The van der Waals surface area contributed by atoms with E-state index in [1.807, 2.05) is 80.8 Å². The molecule has 1 aromatic heterocycles. The average molecular weight is 558 g/mol. The molecule has 0 atom stereocenters. The Morgan fingerprint density at radius 2 is 1.85 bits per heavy atom. The van der Waals surface area contributed by atoms with Gasteiger partial charge in [0.15, 0.2) is 0 Å². The number of anilines is 2. The first-order valence-electron chi connectivity index (χ1n) is 13.7. The van der Waals surface area contributed by atoms with E-state index in [-0.39, 0.29) is 11.7 Å². The van der Waals surface area contributed by atoms with Crippen molar-refractivity contribution in [3.63, 3.8) is 0 Å². The molecule has 1 amide bonds. The maximum atomic E-state index is 13.2. The summed E-state index contributed by atoms with van der Waals surface area (Å²) in [4.78, 5) is 22.0. The van der Waals surface area contributed by atoms with Gasteiger partial charge in [-0.3, -0.25) is 15.1 Å². The minimum Gasteiger partial charge on any atom is -0.384 e. The van der Waals surface area contributed by atoms with Crippen molar-refractivity contribution < 1.29 is 4.79 Å². The van der Waals surface area contributed by atoms with E-state index in [2.05, 4.69) is 14.8 Å². The fourth-order valence-corrected chi connectivity index (χ4v) is 5.46. The number of hydrogen-bond acceptors (Lipinski definition) is 5. The summed E-state index contributed by atoms with van der Waals surface area (Å²) < 4.78 is 2.12. The van der Waals surface area contributed by atoms with Crippen LogP contribution in [0.4, 0.5) is 11.4 Å². The van der Waals surface area contributed by atoms with E-state index in [0.29, 0.717) is 12.6 Å². The van der Waals surface area contributed by atoms with Crippen LogP contribution < -0.4 is 16.0 Å². The monoisotopic (exact) mass is 557 g/mol. The lowest BCUT2D eigenvalue weighted by molar-refractivity contribution is -0.119. The molecule has 0 radical (unpaired) electrons. The van der Waals surface area contributed by atoms with E-state index in [4.69, 9.17) is 27.7 Å². The average Bonchev–Trinajstić information content (AvgIpc) is 3.27. The number of benzene rings is 3. The Labute approximate surface area is 240 Å². The second-order valence-electron chi connectivity index (χ2n) is 10.5. The predicted octanol–water partition coefficient (Wildman–Crippen LogP) is 4.84. The number of likely N-dealkylation sites (N-methyl/N-ethyl adjacent to an activating group) is 1. The van der Waals surface area contributed by atoms with Crippen molar-refractivity contribution in [1.82, 2.24) is 14.5 Å². The van der Waals surface area contributed by atoms with Gasteiger partial charge in [0, 0.05) is 61.6 Å². The van der Waals surface area contributed by atoms with Gasteiger partial charge in [-0.25, -0.2) is 4.98 Å². The van der Waals surface area contributed by atoms with Gasteiger partial charge in [0.2, 0.25) is 5.91 Å². The van der Waals surface area contributed by atoms with Crippen molar-refractivity contribution in [3.8, 4) is 0 Å². The Hall–Kier alpha value is -3.88. The number of aromatic nitrogens is 2. The number of rotatable bonds is 9. The standard InChI is InChI=1S/C31H36ClN7O/c1-37(30(40)20-39-16-14-24(15-17-39)35-25-5-3-4-23(32)18-25)26-11-12-28-27(19-26)36-29(38(28)2)13-8-21-6-9-22(10-7-21)31(33)34/h3-7,9-12,18-19,24,35H,8,13-17,20H2,1-2H3,(H3,33,34). The Kier molecular flexibility index (Phi) is 8.38. The predicted molar refractivity (Wildman–Crippen MR) is 164 cm³/mol. The molecule has 1 fully saturated rings. The first-order valence-corrected chi connectivity index (χ1v) is 14.0. The molecule has 3 aromatic carbocycles. The summed E-state index contributed by atoms with van der Waals surface area (Å²) in [7, 11) is 3.87. The molecular weight excluding hydrogens is 522 g/mol. The molecule has 40 heavy (non-hydrogen) atoms. The molecule has 1 aliphatic rings. The van der Waals surface area contributed by atoms with Gasteiger partial charge in [-0.05, 0) is 61.2 Å². The van der Waals surface area contributed by atoms with E-state index < -0.39 is 0 Å². The summed E-state index contributed by atoms with van der Waals surface area (Å²) in [5, 5.41) is 11.8. The zero-order valence-corrected chi connectivity index (χ0v) is 23.8. The summed E-state index contributed by atoms with van der Waals surface area (Å²) in [6.07, 6.45) is 3.59. The number of amidine groups is 1. The quantitative estimate of drug-likeness (QED) is 0.202. The Morgan fingerprint density at radius 1 is 1.10 bits per heavy atom. The highest BCUT2D eigenvalue weighted by atomic mass is 35.5. The van der Waals surface area contributed by atoms with Gasteiger partial charge in [-0.2, -0.15) is 0 Å². The van der Waals surface area contributed by atoms with Gasteiger partial charge in [0.1, 0.15) is 11.7 Å². The highest BCUT2D eigenvalue weighted by Gasteiger charge is 2.23. The maximum absolute atomic E-state index is 13.2. The first kappa shape index (κ1) is 27.7. The van der Waals surface area contributed by atoms with Crippen molar-refractivity contribution in [2.45, 2.75) is 31.7 Å². The van der Waals surface area contributed by atoms with Crippen LogP contribution in [-0.4, -0.2) is 58.9 Å². The molecule has 5 rings (SSSR count). The molecule has 208 valence electrons. The topological polar surface area (TPSA) is 103 Å². The lowest BCUT2D eigenvalue weighted by atomic mass is 10.0. The van der Waals surface area contributed by atoms with Crippen molar-refractivity contribution in [3.05, 3.63) is 88.7 Å². The SMILES string of the molecule is CN(C(=O)CN1CCC(Nc2cccc(Cl)c2)CC1)c1ccc2c(c1)nc(CCc1ccc(C(=N)N)cc1)n2C. The molecule has 1 saturated heterocycles. The lowest BCUT2D eigenvalue weighted by Crippen LogP contribution is -2.44. The molecule has 9 heteroatoms. The molecule has 0 aliphatic carbocycles. The lowest BCUT2D eigenvalue weighted by Gasteiger charge is -2.33. The van der Waals surface area contributed by atoms with E-state index in [9.17, 15) is 4.79 Å². The summed E-state index contributed by atoms with van der Waals surface area (Å²) in [5.74, 6) is 1.14. The van der Waals surface area contributed by atoms with Crippen LogP contribution in [0.15, 0.2) is 66.7 Å². The van der Waals surface area contributed by atoms with Gasteiger partial charge in [0.05, 0.1) is 17.6 Å². The van der Waals surface area contributed by atoms with E-state index >= 15 is 0 Å². The number of nitrogens with one attached hydrogen (secondary N) is 2. The smallest absolute Gasteiger partial charge is 0.240 e. The number of nitrogens with zero attached hydrogens (tertiary/aromatic N) is 4. The highest BCUT2D eigenvalue weighted by Crippen LogP contribution is 2.24. The molecule has 0 bridgehead atoms. The largest absolute Gasteiger partial charge is 0.384 e. The number of carbonyl (C=O) groups is 1. The minimum atomic E-state index is 0.0748. The van der Waals surface area contributed by atoms with Crippen LogP contribution in [-0.2, 0) is 24.7 Å². The van der Waals surface area contributed by atoms with Gasteiger partial charge < -0.3 is 20.5 Å². The maximum Gasteiger partial charge on any atom is 0.240 e. The number of nitrogens with two attached hydrogens (primary N) is 1. The van der Waals surface area contributed by atoms with Crippen molar-refractivity contribution >= 4 is 45.8 Å². The molecule has 2 heterocycles. The van der Waals surface area contributed by atoms with Gasteiger partial charge in [-0.1, -0.05) is 41.9 Å². The number of imidazole rings is 1. The van der Waals surface area contributed by atoms with Crippen LogP contribution in [0, 0.1) is 5.41 Å². The van der Waals surface area contributed by atoms with E-state index in [0.717, 1.165) is 77.6 Å². The number of amides is 1. The fraction of sp³-hybridized carbons (Fsp3) is 0.323. The summed E-state index contributed by atoms with van der Waals surface area (Å²) >= 11 is 6.11. The molecule has 8 nitrogen and oxygen atoms in total. The Balaban J connectivity index is 1.16. The summed E-state index contributed by atoms with van der Waals surface area (Å²) in [5.41, 5.74) is 11.3. The summed E-state index contributed by atoms with van der Waals surface area (Å²) in [6.45, 7) is 2.14. The highest BCUT2D eigenvalue weighted by molar-refractivity contribution is 6.30. The fourth-order valence-electron chi connectivity index (χ4n) is 5.27. The third-order valence-electron chi connectivity index (χ3n) is 7.76. The van der Waals surface area contributed by atoms with Crippen LogP contribution in [0.5, 0.6) is 0 Å². The van der Waals surface area contributed by atoms with Crippen LogP contribution in [0.1, 0.15) is 29.8 Å². The molecule has 4 N–H and O–H groups in total. The van der Waals surface area contributed by atoms with Gasteiger partial charge in [-0.15, -0.1) is 0 Å². The number of likely N-dealkylation sites (tertiary alicyclic amines) is 1. The van der Waals surface area contributed by atoms with Crippen LogP contribution in [0.2, 0.25) is 5.02 Å². The Bertz CT molecular complexity index is 1510. The Morgan fingerprint density at radius 3 is 2.55 bits per heavy atom. The van der Waals surface area contributed by atoms with Crippen LogP contribution in [0.3, 0.4) is 0 Å². The minimum absolute atomic E-state index is 0.0748. The molecule has 4 aromatic rings. The molecule has 1 aliphatic heterocycles. The van der Waals surface area contributed by atoms with Crippen molar-refractivity contribution in [2.75, 3.05) is 36.9 Å².